The van der Waals surface area contributed by atoms with Gasteiger partial charge in [-0.15, -0.1) is 0 Å². The topological polar surface area (TPSA) is 81.4 Å². The standard InChI is InChI=1S/C18H26N2O3/c1-18(2)10-7-14(8-11-18)13-3-5-15(6-4-13)20-16(21)9-12-23-17(19)22/h3-6,14H,7-12H2,1-2H3,(H2,19,22)(H,20,21). The third-order valence-corrected chi connectivity index (χ3v) is 4.58. The predicted octanol–water partition coefficient (Wildman–Crippen LogP) is 3.79. The molecule has 23 heavy (non-hydrogen) atoms. The predicted molar refractivity (Wildman–Crippen MR) is 90.2 cm³/mol. The van der Waals surface area contributed by atoms with E-state index in [1.54, 1.807) is 0 Å². The molecule has 0 unspecified atom stereocenters. The first kappa shape index (κ1) is 17.3. The van der Waals surface area contributed by atoms with Gasteiger partial charge < -0.3 is 15.8 Å². The summed E-state index contributed by atoms with van der Waals surface area (Å²) in [6.07, 6.45) is 4.21. The smallest absolute Gasteiger partial charge is 0.404 e. The lowest BCUT2D eigenvalue weighted by Crippen LogP contribution is -2.20. The summed E-state index contributed by atoms with van der Waals surface area (Å²) in [5.74, 6) is 0.426. The molecule has 1 aliphatic carbocycles. The maximum atomic E-state index is 11.7. The molecule has 0 radical (unpaired) electrons. The van der Waals surface area contributed by atoms with Gasteiger partial charge in [-0.3, -0.25) is 4.79 Å². The molecule has 0 heterocycles. The van der Waals surface area contributed by atoms with Crippen molar-refractivity contribution in [2.75, 3.05) is 11.9 Å². The molecule has 1 saturated carbocycles. The quantitative estimate of drug-likeness (QED) is 0.866. The van der Waals surface area contributed by atoms with Crippen LogP contribution < -0.4 is 11.1 Å². The van der Waals surface area contributed by atoms with E-state index in [0.717, 1.165) is 5.69 Å². The van der Waals surface area contributed by atoms with Crippen LogP contribution in [0.2, 0.25) is 0 Å². The number of nitrogens with two attached hydrogens (primary N) is 1. The molecule has 0 saturated heterocycles. The van der Waals surface area contributed by atoms with Crippen LogP contribution in [0.5, 0.6) is 0 Å². The van der Waals surface area contributed by atoms with E-state index in [9.17, 15) is 9.59 Å². The third-order valence-electron chi connectivity index (χ3n) is 4.58. The Bertz CT molecular complexity index is 542. The van der Waals surface area contributed by atoms with Crippen molar-refractivity contribution in [3.8, 4) is 0 Å². The van der Waals surface area contributed by atoms with Crippen LogP contribution in [0, 0.1) is 5.41 Å². The Kier molecular flexibility index (Phi) is 5.64. The summed E-state index contributed by atoms with van der Waals surface area (Å²) >= 11 is 0. The summed E-state index contributed by atoms with van der Waals surface area (Å²) in [4.78, 5) is 22.1. The average Bonchev–Trinajstić information content (AvgIpc) is 2.48. The number of hydrogen-bond donors (Lipinski definition) is 2. The zero-order valence-corrected chi connectivity index (χ0v) is 13.9. The third kappa shape index (κ3) is 5.58. The number of benzene rings is 1. The minimum absolute atomic E-state index is 0.00287. The molecule has 0 aliphatic heterocycles. The fraction of sp³-hybridized carbons (Fsp3) is 0.556. The molecule has 0 aromatic heterocycles. The van der Waals surface area contributed by atoms with Crippen LogP contribution in [-0.2, 0) is 9.53 Å². The molecule has 1 aliphatic rings. The van der Waals surface area contributed by atoms with Crippen LogP contribution in [0.1, 0.15) is 57.4 Å². The van der Waals surface area contributed by atoms with Crippen LogP contribution in [0.15, 0.2) is 24.3 Å². The summed E-state index contributed by atoms with van der Waals surface area (Å²) in [6.45, 7) is 4.67. The van der Waals surface area contributed by atoms with Gasteiger partial charge in [0.2, 0.25) is 5.91 Å². The van der Waals surface area contributed by atoms with Gasteiger partial charge >= 0.3 is 6.09 Å². The van der Waals surface area contributed by atoms with Gasteiger partial charge in [0.25, 0.3) is 0 Å². The molecular formula is C18H26N2O3. The van der Waals surface area contributed by atoms with Crippen LogP contribution in [0.4, 0.5) is 10.5 Å². The van der Waals surface area contributed by atoms with Gasteiger partial charge in [0.15, 0.2) is 0 Å². The maximum absolute atomic E-state index is 11.7. The van der Waals surface area contributed by atoms with Crippen molar-refractivity contribution < 1.29 is 14.3 Å². The molecule has 0 bridgehead atoms. The van der Waals surface area contributed by atoms with E-state index in [1.807, 2.05) is 12.1 Å². The van der Waals surface area contributed by atoms with Crippen LogP contribution in [-0.4, -0.2) is 18.6 Å². The molecule has 0 atom stereocenters. The summed E-state index contributed by atoms with van der Waals surface area (Å²) in [7, 11) is 0. The van der Waals surface area contributed by atoms with Crippen LogP contribution in [0.3, 0.4) is 0 Å². The van der Waals surface area contributed by atoms with Gasteiger partial charge in [0.05, 0.1) is 6.42 Å². The Morgan fingerprint density at radius 3 is 2.39 bits per heavy atom. The number of anilines is 1. The van der Waals surface area contributed by atoms with E-state index in [-0.39, 0.29) is 18.9 Å². The minimum Gasteiger partial charge on any atom is -0.449 e. The maximum Gasteiger partial charge on any atom is 0.404 e. The zero-order valence-electron chi connectivity index (χ0n) is 13.9. The molecule has 5 nitrogen and oxygen atoms in total. The van der Waals surface area contributed by atoms with Crippen molar-refractivity contribution in [1.29, 1.82) is 0 Å². The summed E-state index contributed by atoms with van der Waals surface area (Å²) in [5.41, 5.74) is 7.41. The van der Waals surface area contributed by atoms with Gasteiger partial charge in [0, 0.05) is 5.69 Å². The van der Waals surface area contributed by atoms with Crippen LogP contribution in [0.25, 0.3) is 0 Å². The van der Waals surface area contributed by atoms with Crippen molar-refractivity contribution in [3.63, 3.8) is 0 Å². The lowest BCUT2D eigenvalue weighted by molar-refractivity contribution is -0.116. The number of ether oxygens (including phenoxy) is 1. The highest BCUT2D eigenvalue weighted by atomic mass is 16.5. The fourth-order valence-corrected chi connectivity index (χ4v) is 3.04. The Hall–Kier alpha value is -2.04. The molecule has 2 amide bonds. The van der Waals surface area contributed by atoms with Crippen molar-refractivity contribution >= 4 is 17.7 Å². The summed E-state index contributed by atoms with van der Waals surface area (Å²) in [6, 6.07) is 8.06. The highest BCUT2D eigenvalue weighted by molar-refractivity contribution is 5.90. The minimum atomic E-state index is -0.863. The number of amides is 2. The second kappa shape index (κ2) is 7.49. The molecule has 1 aromatic rings. The Morgan fingerprint density at radius 1 is 1.22 bits per heavy atom. The van der Waals surface area contributed by atoms with Crippen molar-refractivity contribution in [1.82, 2.24) is 0 Å². The number of carbonyl (C=O) groups excluding carboxylic acids is 2. The molecule has 2 rings (SSSR count). The largest absolute Gasteiger partial charge is 0.449 e. The number of carbonyl (C=O) groups is 2. The van der Waals surface area contributed by atoms with Crippen LogP contribution >= 0.6 is 0 Å². The first-order valence-corrected chi connectivity index (χ1v) is 8.18. The van der Waals surface area contributed by atoms with E-state index in [2.05, 4.69) is 36.0 Å². The number of primary amides is 1. The molecule has 5 heteroatoms. The highest BCUT2D eigenvalue weighted by Gasteiger charge is 2.27. The molecular weight excluding hydrogens is 292 g/mol. The van der Waals surface area contributed by atoms with Crippen molar-refractivity contribution in [2.45, 2.75) is 51.9 Å². The number of hydrogen-bond acceptors (Lipinski definition) is 3. The van der Waals surface area contributed by atoms with E-state index in [4.69, 9.17) is 5.73 Å². The number of rotatable bonds is 5. The molecule has 126 valence electrons. The first-order chi connectivity index (χ1) is 10.9. The van der Waals surface area contributed by atoms with Gasteiger partial charge in [-0.05, 0) is 54.7 Å². The van der Waals surface area contributed by atoms with E-state index < -0.39 is 6.09 Å². The monoisotopic (exact) mass is 318 g/mol. The Labute approximate surface area is 137 Å². The molecule has 3 N–H and O–H groups in total. The molecule has 1 aromatic carbocycles. The lowest BCUT2D eigenvalue weighted by Gasteiger charge is -2.34. The van der Waals surface area contributed by atoms with Gasteiger partial charge in [-0.25, -0.2) is 4.79 Å². The normalized spacial score (nSPS) is 17.5. The molecule has 1 fully saturated rings. The van der Waals surface area contributed by atoms with Gasteiger partial charge in [-0.1, -0.05) is 26.0 Å². The second-order valence-electron chi connectivity index (χ2n) is 7.03. The highest BCUT2D eigenvalue weighted by Crippen LogP contribution is 2.42. The zero-order chi connectivity index (χ0) is 16.9. The first-order valence-electron chi connectivity index (χ1n) is 8.18. The van der Waals surface area contributed by atoms with Crippen molar-refractivity contribution in [3.05, 3.63) is 29.8 Å². The fourth-order valence-electron chi connectivity index (χ4n) is 3.04. The van der Waals surface area contributed by atoms with E-state index in [1.165, 1.54) is 31.2 Å². The number of nitrogens with one attached hydrogen (secondary N) is 1. The average molecular weight is 318 g/mol. The van der Waals surface area contributed by atoms with E-state index in [0.29, 0.717) is 11.3 Å². The van der Waals surface area contributed by atoms with Gasteiger partial charge in [0.1, 0.15) is 6.61 Å². The summed E-state index contributed by atoms with van der Waals surface area (Å²) < 4.78 is 4.54. The van der Waals surface area contributed by atoms with Gasteiger partial charge in [-0.2, -0.15) is 0 Å². The Morgan fingerprint density at radius 2 is 1.83 bits per heavy atom. The lowest BCUT2D eigenvalue weighted by atomic mass is 9.71. The Balaban J connectivity index is 1.82. The van der Waals surface area contributed by atoms with E-state index >= 15 is 0 Å². The second-order valence-corrected chi connectivity index (χ2v) is 7.03. The van der Waals surface area contributed by atoms with Crippen molar-refractivity contribution in [2.24, 2.45) is 11.1 Å². The SMILES string of the molecule is CC1(C)CCC(c2ccc(NC(=O)CCOC(N)=O)cc2)CC1. The summed E-state index contributed by atoms with van der Waals surface area (Å²) in [5, 5.41) is 2.79. The molecule has 0 spiro atoms.